The number of piperidine rings is 1. The van der Waals surface area contributed by atoms with Crippen LogP contribution in [0.15, 0.2) is 23.5 Å². The maximum absolute atomic E-state index is 11.4. The predicted octanol–water partition coefficient (Wildman–Crippen LogP) is 3.67. The van der Waals surface area contributed by atoms with E-state index in [1.54, 1.807) is 0 Å². The van der Waals surface area contributed by atoms with Crippen molar-refractivity contribution in [3.8, 4) is 22.6 Å². The molecule has 206 valence electrons. The molecule has 3 aliphatic heterocycles. The van der Waals surface area contributed by atoms with Crippen LogP contribution >= 0.6 is 0 Å². The summed E-state index contributed by atoms with van der Waals surface area (Å²) in [6, 6.07) is 4.38. The van der Waals surface area contributed by atoms with E-state index >= 15 is 0 Å². The Balaban J connectivity index is 1.26. The van der Waals surface area contributed by atoms with Gasteiger partial charge in [0, 0.05) is 50.5 Å². The van der Waals surface area contributed by atoms with Crippen molar-refractivity contribution >= 4 is 11.8 Å². The van der Waals surface area contributed by atoms with E-state index in [4.69, 9.17) is 14.3 Å². The average molecular weight is 526 g/mol. The van der Waals surface area contributed by atoms with Gasteiger partial charge in [0.2, 0.25) is 0 Å². The van der Waals surface area contributed by atoms with Gasteiger partial charge in [-0.1, -0.05) is 5.16 Å². The second kappa shape index (κ2) is 10.5. The Labute approximate surface area is 224 Å². The lowest BCUT2D eigenvalue weighted by Crippen LogP contribution is -2.61. The van der Waals surface area contributed by atoms with Crippen LogP contribution in [-0.4, -0.2) is 81.0 Å². The molecule has 2 atom stereocenters. The van der Waals surface area contributed by atoms with E-state index in [0.717, 1.165) is 65.8 Å². The number of benzene rings is 1. The lowest BCUT2D eigenvalue weighted by atomic mass is 9.87. The largest absolute Gasteiger partial charge is 0.493 e. The van der Waals surface area contributed by atoms with Crippen LogP contribution in [-0.2, 0) is 23.2 Å². The average Bonchev–Trinajstić information content (AvgIpc) is 3.43. The van der Waals surface area contributed by atoms with Gasteiger partial charge in [0.25, 0.3) is 0 Å². The molecule has 10 nitrogen and oxygen atoms in total. The minimum atomic E-state index is -0.698. The highest BCUT2D eigenvalue weighted by molar-refractivity contribution is 5.85. The van der Waals surface area contributed by atoms with Crippen LogP contribution in [0.3, 0.4) is 0 Å². The maximum Gasteiger partial charge on any atom is 0.306 e. The molecule has 2 saturated heterocycles. The van der Waals surface area contributed by atoms with Crippen molar-refractivity contribution in [3.63, 3.8) is 0 Å². The molecule has 0 bridgehead atoms. The second-order valence-corrected chi connectivity index (χ2v) is 10.8. The molecule has 38 heavy (non-hydrogen) atoms. The smallest absolute Gasteiger partial charge is 0.306 e. The number of ether oxygens (including phenoxy) is 2. The number of carboxylic acids is 1. The third-order valence-electron chi connectivity index (χ3n) is 8.04. The molecule has 1 aromatic heterocycles. The van der Waals surface area contributed by atoms with Gasteiger partial charge in [0.05, 0.1) is 37.3 Å². The molecule has 0 saturated carbocycles. The fourth-order valence-corrected chi connectivity index (χ4v) is 6.03. The molecule has 2 aromatic rings. The summed E-state index contributed by atoms with van der Waals surface area (Å²) in [5.41, 5.74) is 3.85. The van der Waals surface area contributed by atoms with Crippen LogP contribution in [0.4, 0.5) is 0 Å². The minimum absolute atomic E-state index is 0.148. The highest BCUT2D eigenvalue weighted by Crippen LogP contribution is 2.43. The van der Waals surface area contributed by atoms with Crippen molar-refractivity contribution in [1.29, 1.82) is 0 Å². The Morgan fingerprint density at radius 2 is 1.89 bits per heavy atom. The molecule has 1 N–H and O–H groups in total. The predicted molar refractivity (Wildman–Crippen MR) is 143 cm³/mol. The Bertz CT molecular complexity index is 1190. The number of carbonyl (C=O) groups is 1. The van der Waals surface area contributed by atoms with Gasteiger partial charge < -0.3 is 24.3 Å². The minimum Gasteiger partial charge on any atom is -0.493 e. The summed E-state index contributed by atoms with van der Waals surface area (Å²) < 4.78 is 14.1. The molecule has 0 amide bonds. The number of amidine groups is 1. The number of aryl methyl sites for hydroxylation is 1. The number of hydrogen-bond acceptors (Lipinski definition) is 8. The third kappa shape index (κ3) is 4.93. The monoisotopic (exact) mass is 525 g/mol. The summed E-state index contributed by atoms with van der Waals surface area (Å²) in [5.74, 6) is 1.60. The van der Waals surface area contributed by atoms with Crippen LogP contribution in [0.25, 0.3) is 11.1 Å². The van der Waals surface area contributed by atoms with E-state index in [0.29, 0.717) is 32.6 Å². The van der Waals surface area contributed by atoms with Crippen molar-refractivity contribution in [2.45, 2.75) is 65.1 Å². The van der Waals surface area contributed by atoms with Gasteiger partial charge in [-0.15, -0.1) is 0 Å². The topological polar surface area (TPSA) is 102 Å². The summed E-state index contributed by atoms with van der Waals surface area (Å²) in [7, 11) is 1.94. The fourth-order valence-electron chi connectivity index (χ4n) is 6.03. The molecule has 2 unspecified atom stereocenters. The first kappa shape index (κ1) is 26.3. The van der Waals surface area contributed by atoms with E-state index in [-0.39, 0.29) is 17.6 Å². The SMILES string of the molecule is CCOc1cc(CN2CC3(CC(N4CCC(C(=O)O)CC4C)=NO3)C2)cc(OCC)c1-c1cnn(C)c1C. The van der Waals surface area contributed by atoms with Gasteiger partial charge in [-0.2, -0.15) is 5.10 Å². The van der Waals surface area contributed by atoms with Crippen molar-refractivity contribution < 1.29 is 24.2 Å². The molecular formula is C28H39N5O5. The van der Waals surface area contributed by atoms with Crippen molar-refractivity contribution in [1.82, 2.24) is 19.6 Å². The Kier molecular flexibility index (Phi) is 7.26. The fraction of sp³-hybridized carbons (Fsp3) is 0.607. The summed E-state index contributed by atoms with van der Waals surface area (Å²) in [6.07, 6.45) is 3.93. The Hall–Kier alpha value is -3.27. The standard InChI is InChI=1S/C28H39N5O5/c1-6-36-23-11-20(12-24(37-7-2)26(23)22-14-29-31(5)19(22)4)15-32-16-28(17-32)13-25(30-38-28)33-9-8-21(27(34)35)10-18(33)3/h11-12,14,18,21H,6-10,13,15-17H2,1-5H3,(H,34,35). The van der Waals surface area contributed by atoms with Gasteiger partial charge in [-0.3, -0.25) is 14.4 Å². The van der Waals surface area contributed by atoms with Gasteiger partial charge in [0.1, 0.15) is 17.3 Å². The molecule has 0 radical (unpaired) electrons. The van der Waals surface area contributed by atoms with Crippen LogP contribution in [0.5, 0.6) is 11.5 Å². The Morgan fingerprint density at radius 3 is 2.45 bits per heavy atom. The lowest BCUT2D eigenvalue weighted by molar-refractivity contribution is -0.143. The molecule has 5 rings (SSSR count). The molecular weight excluding hydrogens is 486 g/mol. The zero-order chi connectivity index (χ0) is 27.0. The molecule has 0 aliphatic carbocycles. The number of nitrogens with zero attached hydrogens (tertiary/aromatic N) is 5. The van der Waals surface area contributed by atoms with E-state index < -0.39 is 5.97 Å². The molecule has 2 fully saturated rings. The zero-order valence-corrected chi connectivity index (χ0v) is 23.1. The van der Waals surface area contributed by atoms with Crippen LogP contribution in [0.1, 0.15) is 51.3 Å². The summed E-state index contributed by atoms with van der Waals surface area (Å²) in [5, 5.41) is 18.2. The first-order chi connectivity index (χ1) is 18.2. The highest BCUT2D eigenvalue weighted by atomic mass is 16.7. The van der Waals surface area contributed by atoms with E-state index in [1.165, 1.54) is 0 Å². The number of aliphatic carboxylic acids is 1. The Morgan fingerprint density at radius 1 is 1.21 bits per heavy atom. The van der Waals surface area contributed by atoms with Crippen LogP contribution < -0.4 is 9.47 Å². The van der Waals surface area contributed by atoms with Gasteiger partial charge >= 0.3 is 5.97 Å². The number of likely N-dealkylation sites (tertiary alicyclic amines) is 2. The summed E-state index contributed by atoms with van der Waals surface area (Å²) >= 11 is 0. The molecule has 3 aliphatic rings. The van der Waals surface area contributed by atoms with E-state index in [9.17, 15) is 9.90 Å². The van der Waals surface area contributed by atoms with E-state index in [2.05, 4.69) is 39.1 Å². The van der Waals surface area contributed by atoms with Crippen molar-refractivity contribution in [2.24, 2.45) is 18.1 Å². The van der Waals surface area contributed by atoms with Gasteiger partial charge in [0.15, 0.2) is 5.60 Å². The molecule has 10 heteroatoms. The lowest BCUT2D eigenvalue weighted by Gasteiger charge is -2.46. The number of aromatic nitrogens is 2. The summed E-state index contributed by atoms with van der Waals surface area (Å²) in [4.78, 5) is 22.0. The number of carboxylic acid groups (broad SMARTS) is 1. The number of rotatable bonds is 8. The number of hydrogen-bond donors (Lipinski definition) is 1. The quantitative estimate of drug-likeness (QED) is 0.557. The third-order valence-corrected chi connectivity index (χ3v) is 8.04. The van der Waals surface area contributed by atoms with Crippen LogP contribution in [0, 0.1) is 12.8 Å². The molecule has 1 spiro atoms. The van der Waals surface area contributed by atoms with Gasteiger partial charge in [-0.05, 0) is 58.2 Å². The first-order valence-electron chi connectivity index (χ1n) is 13.6. The second-order valence-electron chi connectivity index (χ2n) is 10.8. The zero-order valence-electron chi connectivity index (χ0n) is 23.1. The number of oxime groups is 1. The van der Waals surface area contributed by atoms with Gasteiger partial charge in [-0.25, -0.2) is 0 Å². The summed E-state index contributed by atoms with van der Waals surface area (Å²) in [6.45, 7) is 12.3. The van der Waals surface area contributed by atoms with E-state index in [1.807, 2.05) is 38.7 Å². The normalized spacial score (nSPS) is 22.7. The van der Waals surface area contributed by atoms with Crippen LogP contribution in [0.2, 0.25) is 0 Å². The van der Waals surface area contributed by atoms with Crippen molar-refractivity contribution in [3.05, 3.63) is 29.6 Å². The molecule has 4 heterocycles. The highest BCUT2D eigenvalue weighted by Gasteiger charge is 2.51. The maximum atomic E-state index is 11.4. The first-order valence-corrected chi connectivity index (χ1v) is 13.6. The van der Waals surface area contributed by atoms with Crippen molar-refractivity contribution in [2.75, 3.05) is 32.8 Å². The molecule has 1 aromatic carbocycles.